The van der Waals surface area contributed by atoms with E-state index in [0.29, 0.717) is 47.0 Å². The number of esters is 1. The molecule has 9 nitrogen and oxygen atoms in total. The molecule has 5 atom stereocenters. The summed E-state index contributed by atoms with van der Waals surface area (Å²) in [5, 5.41) is 20.3. The first-order chi connectivity index (χ1) is 20.9. The molecule has 0 radical (unpaired) electrons. The fourth-order valence-electron chi connectivity index (χ4n) is 8.07. The van der Waals surface area contributed by atoms with E-state index in [1.165, 1.54) is 13.2 Å². The van der Waals surface area contributed by atoms with Gasteiger partial charge in [0.2, 0.25) is 11.8 Å². The number of ether oxygens (including phenoxy) is 2. The third-order valence-electron chi connectivity index (χ3n) is 10.4. The number of amides is 2. The Labute approximate surface area is 267 Å². The first kappa shape index (κ1) is 31.3. The molecule has 2 saturated heterocycles. The maximum atomic E-state index is 14.7. The molecule has 0 bridgehead atoms. The smallest absolute Gasteiger partial charge is 0.337 e. The first-order valence-electron chi connectivity index (χ1n) is 15.2. The lowest BCUT2D eigenvalue weighted by atomic mass is 9.53. The van der Waals surface area contributed by atoms with E-state index in [4.69, 9.17) is 32.7 Å². The molecule has 3 aliphatic heterocycles. The molecule has 1 unspecified atom stereocenters. The lowest BCUT2D eigenvalue weighted by molar-refractivity contribution is -0.126. The lowest BCUT2D eigenvalue weighted by Crippen LogP contribution is -2.61. The predicted octanol–water partition coefficient (Wildman–Crippen LogP) is 4.72. The Balaban J connectivity index is 1.53. The Morgan fingerprint density at radius 2 is 1.82 bits per heavy atom. The summed E-state index contributed by atoms with van der Waals surface area (Å²) in [7, 11) is 1.30. The van der Waals surface area contributed by atoms with Crippen molar-refractivity contribution in [1.82, 2.24) is 10.6 Å². The van der Waals surface area contributed by atoms with Crippen molar-refractivity contribution >= 4 is 46.7 Å². The molecule has 3 fully saturated rings. The van der Waals surface area contributed by atoms with Gasteiger partial charge in [0, 0.05) is 27.2 Å². The van der Waals surface area contributed by atoms with Crippen LogP contribution >= 0.6 is 23.2 Å². The van der Waals surface area contributed by atoms with E-state index in [1.807, 2.05) is 6.07 Å². The average molecular weight is 645 g/mol. The summed E-state index contributed by atoms with van der Waals surface area (Å²) in [5.74, 6) is -1.77. The van der Waals surface area contributed by atoms with Gasteiger partial charge in [-0.1, -0.05) is 43.1 Å². The number of carbonyl (C=O) groups excluding carboxylic acids is 3. The van der Waals surface area contributed by atoms with Gasteiger partial charge in [0.05, 0.1) is 44.1 Å². The van der Waals surface area contributed by atoms with E-state index < -0.39 is 28.9 Å². The normalized spacial score (nSPS) is 30.2. The third kappa shape index (κ3) is 5.10. The van der Waals surface area contributed by atoms with Crippen molar-refractivity contribution in [3.63, 3.8) is 0 Å². The summed E-state index contributed by atoms with van der Waals surface area (Å²) in [6.07, 6.45) is 4.05. The van der Waals surface area contributed by atoms with E-state index >= 15 is 0 Å². The number of anilines is 1. The highest BCUT2D eigenvalue weighted by Crippen LogP contribution is 2.63. The van der Waals surface area contributed by atoms with Gasteiger partial charge in [-0.15, -0.1) is 0 Å². The molecule has 2 aromatic rings. The molecule has 4 aliphatic rings. The summed E-state index contributed by atoms with van der Waals surface area (Å²) >= 11 is 13.0. The van der Waals surface area contributed by atoms with Gasteiger partial charge in [0.15, 0.2) is 0 Å². The molecule has 4 N–H and O–H groups in total. The maximum Gasteiger partial charge on any atom is 0.337 e. The second-order valence-electron chi connectivity index (χ2n) is 13.5. The number of aliphatic hydroxyl groups is 1. The Morgan fingerprint density at radius 1 is 1.07 bits per heavy atom. The second-order valence-corrected chi connectivity index (χ2v) is 14.4. The zero-order valence-electron chi connectivity index (χ0n) is 25.2. The van der Waals surface area contributed by atoms with Gasteiger partial charge in [-0.3, -0.25) is 14.9 Å². The maximum absolute atomic E-state index is 14.7. The zero-order valence-corrected chi connectivity index (χ0v) is 26.7. The summed E-state index contributed by atoms with van der Waals surface area (Å²) in [6.45, 7) is 4.68. The number of hydrogen-bond donors (Lipinski definition) is 4. The summed E-state index contributed by atoms with van der Waals surface area (Å²) in [4.78, 5) is 41.8. The number of hydrogen-bond acceptors (Lipinski definition) is 7. The van der Waals surface area contributed by atoms with Crippen molar-refractivity contribution in [2.75, 3.05) is 25.6 Å². The van der Waals surface area contributed by atoms with E-state index in [9.17, 15) is 19.5 Å². The van der Waals surface area contributed by atoms with Crippen molar-refractivity contribution in [2.45, 2.75) is 87.4 Å². The molecular formula is C33H39Cl2N3O6. The van der Waals surface area contributed by atoms with Gasteiger partial charge in [-0.25, -0.2) is 4.79 Å². The van der Waals surface area contributed by atoms with Gasteiger partial charge in [0.25, 0.3) is 0 Å². The molecule has 3 heterocycles. The van der Waals surface area contributed by atoms with Gasteiger partial charge in [-0.2, -0.15) is 0 Å². The minimum atomic E-state index is -1.21. The van der Waals surface area contributed by atoms with Crippen molar-refractivity contribution in [1.29, 1.82) is 0 Å². The summed E-state index contributed by atoms with van der Waals surface area (Å²) in [5.41, 5.74) is 0.284. The van der Waals surface area contributed by atoms with Crippen molar-refractivity contribution < 1.29 is 29.0 Å². The van der Waals surface area contributed by atoms with Gasteiger partial charge in [0.1, 0.15) is 5.41 Å². The van der Waals surface area contributed by atoms with Crippen LogP contribution in [0.1, 0.15) is 79.8 Å². The van der Waals surface area contributed by atoms with E-state index in [-0.39, 0.29) is 48.2 Å². The van der Waals surface area contributed by atoms with Crippen LogP contribution in [0.15, 0.2) is 36.4 Å². The van der Waals surface area contributed by atoms with E-state index in [1.54, 1.807) is 24.3 Å². The highest BCUT2D eigenvalue weighted by Gasteiger charge is 2.72. The van der Waals surface area contributed by atoms with Crippen molar-refractivity contribution in [3.05, 3.63) is 63.1 Å². The van der Waals surface area contributed by atoms with Gasteiger partial charge >= 0.3 is 5.97 Å². The SMILES string of the molecule is COC(=O)c1cc(Cl)cc([C@H]2[C@H](C(=O)N[C@@H]3CC[C@@H](CO)OC3)NC3(CCC(C)(C)CC3)C23C(=O)Nc2cc(Cl)ccc23)c1. The molecule has 236 valence electrons. The van der Waals surface area contributed by atoms with Crippen LogP contribution in [0.25, 0.3) is 0 Å². The Kier molecular flexibility index (Phi) is 8.24. The van der Waals surface area contributed by atoms with Crippen LogP contribution in [-0.4, -0.2) is 66.9 Å². The lowest BCUT2D eigenvalue weighted by Gasteiger charge is -2.50. The van der Waals surface area contributed by atoms with Gasteiger partial charge < -0.3 is 25.2 Å². The molecule has 1 saturated carbocycles. The monoisotopic (exact) mass is 643 g/mol. The van der Waals surface area contributed by atoms with E-state index in [0.717, 1.165) is 18.4 Å². The minimum Gasteiger partial charge on any atom is -0.465 e. The van der Waals surface area contributed by atoms with Crippen molar-refractivity contribution in [2.24, 2.45) is 5.41 Å². The second kappa shape index (κ2) is 11.6. The Hall–Kier alpha value is -2.69. The van der Waals surface area contributed by atoms with Crippen LogP contribution in [0.5, 0.6) is 0 Å². The number of methoxy groups -OCH3 is 1. The number of halogens is 2. The molecule has 2 amide bonds. The largest absolute Gasteiger partial charge is 0.465 e. The Bertz CT molecular complexity index is 1480. The van der Waals surface area contributed by atoms with Crippen LogP contribution < -0.4 is 16.0 Å². The number of rotatable bonds is 5. The number of carbonyl (C=O) groups is 3. The molecule has 44 heavy (non-hydrogen) atoms. The number of fused-ring (bicyclic) bond motifs is 3. The van der Waals surface area contributed by atoms with Crippen LogP contribution in [0, 0.1) is 5.41 Å². The van der Waals surface area contributed by atoms with Crippen LogP contribution in [0.2, 0.25) is 10.0 Å². The molecule has 11 heteroatoms. The van der Waals surface area contributed by atoms with E-state index in [2.05, 4.69) is 29.8 Å². The average Bonchev–Trinajstić information content (AvgIpc) is 3.46. The number of aliphatic hydroxyl groups excluding tert-OH is 1. The summed E-state index contributed by atoms with van der Waals surface area (Å²) < 4.78 is 10.8. The fourth-order valence-corrected chi connectivity index (χ4v) is 8.48. The highest BCUT2D eigenvalue weighted by molar-refractivity contribution is 6.31. The first-order valence-corrected chi connectivity index (χ1v) is 16.0. The van der Waals surface area contributed by atoms with Crippen molar-refractivity contribution in [3.8, 4) is 0 Å². The Morgan fingerprint density at radius 3 is 2.48 bits per heavy atom. The molecule has 1 aliphatic carbocycles. The molecule has 2 aromatic carbocycles. The van der Waals surface area contributed by atoms with Gasteiger partial charge in [-0.05, 0) is 85.4 Å². The standard InChI is InChI=1S/C33H39Cl2N3O6/c1-31(2)8-10-32(11-9-31)33(24-7-4-20(34)15-25(24)37-30(33)42)26(18-12-19(29(41)43-3)14-21(35)13-18)27(38-32)28(40)36-22-5-6-23(16-39)44-17-22/h4,7,12-15,22-23,26-27,38-39H,5-6,8-11,16-17H2,1-3H3,(H,36,40)(H,37,42)/t22-,23+,26+,27-,33?/m1/s1. The van der Waals surface area contributed by atoms with Crippen LogP contribution in [0.4, 0.5) is 5.69 Å². The zero-order chi connectivity index (χ0) is 31.4. The molecule has 6 rings (SSSR count). The topological polar surface area (TPSA) is 126 Å². The quantitative estimate of drug-likeness (QED) is 0.347. The minimum absolute atomic E-state index is 0.0653. The fraction of sp³-hybridized carbons (Fsp3) is 0.545. The number of benzene rings is 2. The molecular weight excluding hydrogens is 605 g/mol. The third-order valence-corrected chi connectivity index (χ3v) is 10.8. The number of nitrogens with one attached hydrogen (secondary N) is 3. The predicted molar refractivity (Wildman–Crippen MR) is 167 cm³/mol. The molecule has 0 aromatic heterocycles. The highest BCUT2D eigenvalue weighted by atomic mass is 35.5. The van der Waals surface area contributed by atoms with Crippen LogP contribution in [0.3, 0.4) is 0 Å². The molecule has 2 spiro atoms. The van der Waals surface area contributed by atoms with Crippen LogP contribution in [-0.2, 0) is 24.5 Å². The summed E-state index contributed by atoms with van der Waals surface area (Å²) in [6, 6.07) is 9.29.